The van der Waals surface area contributed by atoms with E-state index >= 15 is 0 Å². The molecule has 0 saturated carbocycles. The van der Waals surface area contributed by atoms with Gasteiger partial charge in [0.2, 0.25) is 0 Å². The highest BCUT2D eigenvalue weighted by atomic mass is 28.3. The topological polar surface area (TPSA) is 26.3 Å². The van der Waals surface area contributed by atoms with Gasteiger partial charge in [-0.15, -0.1) is 0 Å². The first-order valence-corrected chi connectivity index (χ1v) is 6.95. The third kappa shape index (κ3) is 5.56. The van der Waals surface area contributed by atoms with Crippen LogP contribution in [0.5, 0.6) is 0 Å². The van der Waals surface area contributed by atoms with Crippen LogP contribution in [0.4, 0.5) is 0 Å². The summed E-state index contributed by atoms with van der Waals surface area (Å²) in [7, 11) is -1.23. The molecule has 0 atom stereocenters. The first kappa shape index (κ1) is 9.43. The molecule has 0 radical (unpaired) electrons. The summed E-state index contributed by atoms with van der Waals surface area (Å²) in [5.41, 5.74) is 0. The molecule has 10 heavy (non-hydrogen) atoms. The molecule has 0 aromatic carbocycles. The first-order valence-electron chi connectivity index (χ1n) is 3.25. The molecule has 0 saturated heterocycles. The Hall–Kier alpha value is -0.573. The summed E-state index contributed by atoms with van der Waals surface area (Å²) >= 11 is 0. The number of carbonyl (C=O) groups excluding carboxylic acids is 1. The van der Waals surface area contributed by atoms with Crippen molar-refractivity contribution in [1.82, 2.24) is 0 Å². The Balaban J connectivity index is 3.55. The molecule has 3 heteroatoms. The Kier molecular flexibility index (Phi) is 3.36. The lowest BCUT2D eigenvalue weighted by atomic mass is 10.7. The second-order valence-electron chi connectivity index (χ2n) is 3.37. The number of esters is 1. The molecule has 58 valence electrons. The number of rotatable bonds is 3. The highest BCUT2D eigenvalue weighted by Gasteiger charge is 2.14. The van der Waals surface area contributed by atoms with Gasteiger partial charge in [0.1, 0.15) is 0 Å². The summed E-state index contributed by atoms with van der Waals surface area (Å²) in [6.07, 6.45) is 1.78. The molecule has 0 heterocycles. The van der Waals surface area contributed by atoms with Gasteiger partial charge < -0.3 is 4.74 Å². The molecule has 0 aliphatic heterocycles. The summed E-state index contributed by atoms with van der Waals surface area (Å²) < 4.78 is 4.86. The highest BCUT2D eigenvalue weighted by molar-refractivity contribution is 6.76. The predicted octanol–water partition coefficient (Wildman–Crippen LogP) is 1.59. The van der Waals surface area contributed by atoms with Crippen LogP contribution in [-0.4, -0.2) is 20.3 Å². The minimum absolute atomic E-state index is 0.317. The molecular formula is C7H14O2Si. The molecule has 0 aliphatic carbocycles. The zero-order chi connectivity index (χ0) is 8.20. The van der Waals surface area contributed by atoms with E-state index in [1.165, 1.54) is 6.08 Å². The second kappa shape index (κ2) is 3.56. The average Bonchev–Trinajstić information content (AvgIpc) is 1.81. The van der Waals surface area contributed by atoms with Gasteiger partial charge in [0.25, 0.3) is 0 Å². The van der Waals surface area contributed by atoms with Crippen LogP contribution in [0.15, 0.2) is 12.7 Å². The molecule has 0 aromatic rings. The summed E-state index contributed by atoms with van der Waals surface area (Å²) in [6.45, 7) is 9.73. The van der Waals surface area contributed by atoms with E-state index in [1.54, 1.807) is 0 Å². The molecule has 0 spiro atoms. The molecule has 0 amide bonds. The number of hydrogen-bond acceptors (Lipinski definition) is 2. The Morgan fingerprint density at radius 2 is 2.10 bits per heavy atom. The van der Waals surface area contributed by atoms with E-state index in [1.807, 2.05) is 0 Å². The Morgan fingerprint density at radius 3 is 2.40 bits per heavy atom. The van der Waals surface area contributed by atoms with Crippen LogP contribution in [-0.2, 0) is 9.53 Å². The van der Waals surface area contributed by atoms with Gasteiger partial charge in [-0.3, -0.25) is 0 Å². The summed E-state index contributed by atoms with van der Waals surface area (Å²) in [6, 6.07) is 0. The zero-order valence-electron chi connectivity index (χ0n) is 6.81. The summed E-state index contributed by atoms with van der Waals surface area (Å²) in [5.74, 6) is -0.317. The van der Waals surface area contributed by atoms with Crippen LogP contribution < -0.4 is 0 Å². The fourth-order valence-electron chi connectivity index (χ4n) is 0.347. The predicted molar refractivity (Wildman–Crippen MR) is 44.5 cm³/mol. The van der Waals surface area contributed by atoms with Crippen molar-refractivity contribution in [3.8, 4) is 0 Å². The van der Waals surface area contributed by atoms with Gasteiger partial charge in [0, 0.05) is 6.08 Å². The third-order valence-electron chi connectivity index (χ3n) is 0.814. The van der Waals surface area contributed by atoms with Crippen molar-refractivity contribution in [3.05, 3.63) is 12.7 Å². The van der Waals surface area contributed by atoms with Crippen molar-refractivity contribution in [3.63, 3.8) is 0 Å². The van der Waals surface area contributed by atoms with Crippen molar-refractivity contribution < 1.29 is 9.53 Å². The van der Waals surface area contributed by atoms with Crippen LogP contribution in [0.1, 0.15) is 0 Å². The molecule has 0 N–H and O–H groups in total. The molecule has 0 aromatic heterocycles. The van der Waals surface area contributed by atoms with E-state index in [0.29, 0.717) is 6.23 Å². The fourth-order valence-corrected chi connectivity index (χ4v) is 0.922. The average molecular weight is 158 g/mol. The van der Waals surface area contributed by atoms with Crippen molar-refractivity contribution in [2.75, 3.05) is 6.23 Å². The lowest BCUT2D eigenvalue weighted by Gasteiger charge is -2.14. The monoisotopic (exact) mass is 158 g/mol. The van der Waals surface area contributed by atoms with E-state index in [4.69, 9.17) is 4.74 Å². The first-order chi connectivity index (χ1) is 4.45. The van der Waals surface area contributed by atoms with Crippen molar-refractivity contribution in [1.29, 1.82) is 0 Å². The van der Waals surface area contributed by atoms with Crippen LogP contribution in [0, 0.1) is 0 Å². The number of carbonyl (C=O) groups is 1. The Bertz CT molecular complexity index is 135. The molecule has 0 aliphatic rings. The van der Waals surface area contributed by atoms with Gasteiger partial charge in [-0.25, -0.2) is 4.79 Å². The van der Waals surface area contributed by atoms with Crippen LogP contribution in [0.2, 0.25) is 19.6 Å². The van der Waals surface area contributed by atoms with Crippen LogP contribution in [0.25, 0.3) is 0 Å². The highest BCUT2D eigenvalue weighted by Crippen LogP contribution is 2.00. The van der Waals surface area contributed by atoms with E-state index in [0.717, 1.165) is 0 Å². The summed E-state index contributed by atoms with van der Waals surface area (Å²) in [5, 5.41) is 0. The maximum absolute atomic E-state index is 10.5. The van der Waals surface area contributed by atoms with Crippen molar-refractivity contribution in [2.45, 2.75) is 19.6 Å². The molecule has 0 bridgehead atoms. The number of ether oxygens (including phenoxy) is 1. The van der Waals surface area contributed by atoms with Gasteiger partial charge in [-0.2, -0.15) is 0 Å². The lowest BCUT2D eigenvalue weighted by Crippen LogP contribution is -2.29. The SMILES string of the molecule is C=CC(=O)OC[Si](C)(C)C. The van der Waals surface area contributed by atoms with Gasteiger partial charge in [0.15, 0.2) is 0 Å². The van der Waals surface area contributed by atoms with Crippen molar-refractivity contribution in [2.24, 2.45) is 0 Å². The van der Waals surface area contributed by atoms with E-state index < -0.39 is 8.07 Å². The van der Waals surface area contributed by atoms with Gasteiger partial charge in [0.05, 0.1) is 14.3 Å². The smallest absolute Gasteiger partial charge is 0.329 e. The summed E-state index contributed by atoms with van der Waals surface area (Å²) in [4.78, 5) is 10.5. The minimum atomic E-state index is -1.23. The van der Waals surface area contributed by atoms with Crippen LogP contribution in [0.3, 0.4) is 0 Å². The molecule has 2 nitrogen and oxygen atoms in total. The van der Waals surface area contributed by atoms with Crippen LogP contribution >= 0.6 is 0 Å². The second-order valence-corrected chi connectivity index (χ2v) is 8.78. The zero-order valence-corrected chi connectivity index (χ0v) is 7.81. The maximum Gasteiger partial charge on any atom is 0.329 e. The van der Waals surface area contributed by atoms with E-state index in [-0.39, 0.29) is 5.97 Å². The largest absolute Gasteiger partial charge is 0.466 e. The lowest BCUT2D eigenvalue weighted by molar-refractivity contribution is -0.136. The van der Waals surface area contributed by atoms with Gasteiger partial charge >= 0.3 is 5.97 Å². The standard InChI is InChI=1S/C7H14O2Si/c1-5-7(8)9-6-10(2,3)4/h5H,1,6H2,2-4H3. The quantitative estimate of drug-likeness (QED) is 0.354. The Morgan fingerprint density at radius 1 is 1.60 bits per heavy atom. The van der Waals surface area contributed by atoms with Gasteiger partial charge in [-0.05, 0) is 0 Å². The van der Waals surface area contributed by atoms with Crippen molar-refractivity contribution >= 4 is 14.0 Å². The molecule has 0 rings (SSSR count). The fraction of sp³-hybridized carbons (Fsp3) is 0.571. The third-order valence-corrected chi connectivity index (χ3v) is 1.82. The normalized spacial score (nSPS) is 10.7. The Labute approximate surface area is 62.9 Å². The molecule has 0 fully saturated rings. The van der Waals surface area contributed by atoms with Gasteiger partial charge in [-0.1, -0.05) is 26.2 Å². The minimum Gasteiger partial charge on any atom is -0.466 e. The molecular weight excluding hydrogens is 144 g/mol. The number of hydrogen-bond donors (Lipinski definition) is 0. The van der Waals surface area contributed by atoms with E-state index in [2.05, 4.69) is 26.2 Å². The van der Waals surface area contributed by atoms with E-state index in [9.17, 15) is 4.79 Å². The molecule has 0 unspecified atom stereocenters. The maximum atomic E-state index is 10.5.